The Morgan fingerprint density at radius 2 is 1.25 bits per heavy atom. The van der Waals surface area contributed by atoms with Crippen LogP contribution in [-0.4, -0.2) is 58.1 Å². The third kappa shape index (κ3) is 6.60. The Balaban J connectivity index is 0.00000220. The number of rotatable bonds is 6. The normalized spacial score (nSPS) is 15.3. The molecule has 0 radical (unpaired) electrons. The van der Waals surface area contributed by atoms with Crippen LogP contribution in [0.25, 0.3) is 0 Å². The summed E-state index contributed by atoms with van der Waals surface area (Å²) in [6.45, 7) is 1.21. The van der Waals surface area contributed by atoms with Gasteiger partial charge in [0.2, 0.25) is 17.7 Å². The Hall–Kier alpha value is -3.53. The SMILES string of the molecule is Cl.Cl.N[C@@H](CC(=O)N1CCN(C(c2ccc(F)cc2)c2ccc(F)cc2)C(=O)C1)C(=O)N1Cc2ccccc2C1. The molecule has 1 fully saturated rings. The Bertz CT molecular complexity index is 1290. The van der Waals surface area contributed by atoms with Gasteiger partial charge in [0.05, 0.1) is 25.0 Å². The lowest BCUT2D eigenvalue weighted by Crippen LogP contribution is -2.54. The maximum atomic E-state index is 13.6. The molecule has 0 aromatic heterocycles. The van der Waals surface area contributed by atoms with E-state index in [-0.39, 0.29) is 68.6 Å². The third-order valence-electron chi connectivity index (χ3n) is 7.16. The molecule has 1 atom stereocenters. The second-order valence-electron chi connectivity index (χ2n) is 9.68. The minimum atomic E-state index is -1.00. The van der Waals surface area contributed by atoms with Gasteiger partial charge in [-0.3, -0.25) is 14.4 Å². The maximum absolute atomic E-state index is 13.6. The number of nitrogens with zero attached hydrogens (tertiary/aromatic N) is 3. The Morgan fingerprint density at radius 3 is 1.73 bits per heavy atom. The summed E-state index contributed by atoms with van der Waals surface area (Å²) < 4.78 is 27.2. The average molecular weight is 591 g/mol. The van der Waals surface area contributed by atoms with Crippen LogP contribution in [0, 0.1) is 11.6 Å². The highest BCUT2D eigenvalue weighted by molar-refractivity contribution is 5.91. The smallest absolute Gasteiger partial charge is 0.243 e. The molecule has 2 aliphatic heterocycles. The first kappa shape index (κ1) is 31.0. The minimum Gasteiger partial charge on any atom is -0.333 e. The van der Waals surface area contributed by atoms with Gasteiger partial charge in [0.25, 0.3) is 0 Å². The van der Waals surface area contributed by atoms with Gasteiger partial charge in [-0.25, -0.2) is 8.78 Å². The topological polar surface area (TPSA) is 87.0 Å². The summed E-state index contributed by atoms with van der Waals surface area (Å²) in [6.07, 6.45) is -0.196. The number of carbonyl (C=O) groups is 3. The van der Waals surface area contributed by atoms with Crippen LogP contribution in [0.3, 0.4) is 0 Å². The van der Waals surface area contributed by atoms with E-state index in [2.05, 4.69) is 0 Å². The number of hydrogen-bond donors (Lipinski definition) is 1. The van der Waals surface area contributed by atoms with E-state index in [1.807, 2.05) is 24.3 Å². The van der Waals surface area contributed by atoms with Gasteiger partial charge in [-0.2, -0.15) is 0 Å². The largest absolute Gasteiger partial charge is 0.333 e. The van der Waals surface area contributed by atoms with E-state index < -0.39 is 23.7 Å². The van der Waals surface area contributed by atoms with E-state index in [1.165, 1.54) is 29.2 Å². The molecule has 1 saturated heterocycles. The van der Waals surface area contributed by atoms with Gasteiger partial charge in [0, 0.05) is 26.2 Å². The fourth-order valence-electron chi connectivity index (χ4n) is 5.14. The van der Waals surface area contributed by atoms with E-state index in [0.29, 0.717) is 24.2 Å². The standard InChI is InChI=1S/C29H28F2N4O3.2ClH/c30-23-9-5-19(6-10-23)28(20-7-11-24(31)12-8-20)35-14-13-33(18-27(35)37)26(36)15-25(32)29(38)34-16-21-3-1-2-4-22(21)17-34;;/h1-12,25,28H,13-18,32H2;2*1H/t25-;;/m0../s1. The number of halogens is 4. The van der Waals surface area contributed by atoms with Gasteiger partial charge < -0.3 is 20.4 Å². The van der Waals surface area contributed by atoms with Gasteiger partial charge in [-0.1, -0.05) is 48.5 Å². The molecule has 3 aromatic rings. The number of fused-ring (bicyclic) bond motifs is 1. The molecule has 11 heteroatoms. The predicted octanol–water partition coefficient (Wildman–Crippen LogP) is 3.83. The van der Waals surface area contributed by atoms with Crippen molar-refractivity contribution in [1.82, 2.24) is 14.7 Å². The van der Waals surface area contributed by atoms with Gasteiger partial charge >= 0.3 is 0 Å². The summed E-state index contributed by atoms with van der Waals surface area (Å²) in [6, 6.07) is 17.8. The molecule has 0 unspecified atom stereocenters. The van der Waals surface area contributed by atoms with Crippen molar-refractivity contribution in [2.24, 2.45) is 5.73 Å². The van der Waals surface area contributed by atoms with E-state index in [1.54, 1.807) is 34.1 Å². The molecule has 7 nitrogen and oxygen atoms in total. The summed E-state index contributed by atoms with van der Waals surface area (Å²) in [5, 5.41) is 0. The summed E-state index contributed by atoms with van der Waals surface area (Å²) in [5.74, 6) is -1.78. The first-order chi connectivity index (χ1) is 18.3. The second-order valence-corrected chi connectivity index (χ2v) is 9.68. The van der Waals surface area contributed by atoms with Crippen molar-refractivity contribution in [3.05, 3.63) is 107 Å². The molecule has 2 heterocycles. The van der Waals surface area contributed by atoms with E-state index in [4.69, 9.17) is 5.73 Å². The fourth-order valence-corrected chi connectivity index (χ4v) is 5.14. The fraction of sp³-hybridized carbons (Fsp3) is 0.276. The summed E-state index contributed by atoms with van der Waals surface area (Å²) >= 11 is 0. The van der Waals surface area contributed by atoms with E-state index in [0.717, 1.165) is 11.1 Å². The lowest BCUT2D eigenvalue weighted by atomic mass is 9.96. The van der Waals surface area contributed by atoms with Crippen molar-refractivity contribution < 1.29 is 23.2 Å². The number of benzene rings is 3. The molecule has 0 spiro atoms. The van der Waals surface area contributed by atoms with Gasteiger partial charge in [0.1, 0.15) is 11.6 Å². The number of hydrogen-bond acceptors (Lipinski definition) is 4. The zero-order valence-electron chi connectivity index (χ0n) is 21.5. The Kier molecular flexibility index (Phi) is 10.2. The maximum Gasteiger partial charge on any atom is 0.243 e. The zero-order chi connectivity index (χ0) is 26.8. The first-order valence-electron chi connectivity index (χ1n) is 12.5. The van der Waals surface area contributed by atoms with Crippen LogP contribution in [0.15, 0.2) is 72.8 Å². The van der Waals surface area contributed by atoms with Crippen molar-refractivity contribution >= 4 is 42.5 Å². The molecule has 2 aliphatic rings. The van der Waals surface area contributed by atoms with Crippen molar-refractivity contribution in [2.45, 2.75) is 31.6 Å². The van der Waals surface area contributed by atoms with Crippen LogP contribution < -0.4 is 5.73 Å². The highest BCUT2D eigenvalue weighted by atomic mass is 35.5. The molecule has 212 valence electrons. The van der Waals surface area contributed by atoms with E-state index >= 15 is 0 Å². The highest BCUT2D eigenvalue weighted by Gasteiger charge is 2.35. The van der Waals surface area contributed by atoms with Crippen molar-refractivity contribution in [3.63, 3.8) is 0 Å². The molecule has 3 aromatic carbocycles. The van der Waals surface area contributed by atoms with Crippen molar-refractivity contribution in [3.8, 4) is 0 Å². The molecule has 0 aliphatic carbocycles. The molecular weight excluding hydrogens is 561 g/mol. The third-order valence-corrected chi connectivity index (χ3v) is 7.16. The Morgan fingerprint density at radius 1 is 0.750 bits per heavy atom. The number of amides is 3. The van der Waals surface area contributed by atoms with Crippen LogP contribution in [0.5, 0.6) is 0 Å². The zero-order valence-corrected chi connectivity index (χ0v) is 23.2. The van der Waals surface area contributed by atoms with Crippen LogP contribution >= 0.6 is 24.8 Å². The Labute approximate surface area is 243 Å². The summed E-state index contributed by atoms with van der Waals surface area (Å²) in [5.41, 5.74) is 9.61. The van der Waals surface area contributed by atoms with Crippen LogP contribution in [0.2, 0.25) is 0 Å². The highest BCUT2D eigenvalue weighted by Crippen LogP contribution is 2.31. The van der Waals surface area contributed by atoms with Gasteiger partial charge in [-0.15, -0.1) is 24.8 Å². The van der Waals surface area contributed by atoms with Crippen LogP contribution in [0.4, 0.5) is 8.78 Å². The minimum absolute atomic E-state index is 0. The van der Waals surface area contributed by atoms with E-state index in [9.17, 15) is 23.2 Å². The number of nitrogens with two attached hydrogens (primary N) is 1. The first-order valence-corrected chi connectivity index (χ1v) is 12.5. The molecular formula is C29H30Cl2F2N4O3. The van der Waals surface area contributed by atoms with Crippen LogP contribution in [0.1, 0.15) is 34.7 Å². The molecule has 3 amide bonds. The molecule has 0 bridgehead atoms. The lowest BCUT2D eigenvalue weighted by molar-refractivity contribution is -0.147. The van der Waals surface area contributed by atoms with Gasteiger partial charge in [0.15, 0.2) is 0 Å². The quantitative estimate of drug-likeness (QED) is 0.473. The second kappa shape index (κ2) is 13.2. The molecule has 40 heavy (non-hydrogen) atoms. The monoisotopic (exact) mass is 590 g/mol. The van der Waals surface area contributed by atoms with Crippen molar-refractivity contribution in [1.29, 1.82) is 0 Å². The van der Waals surface area contributed by atoms with Crippen LogP contribution in [-0.2, 0) is 27.5 Å². The molecule has 2 N–H and O–H groups in total. The number of piperazine rings is 1. The van der Waals surface area contributed by atoms with Crippen molar-refractivity contribution in [2.75, 3.05) is 19.6 Å². The average Bonchev–Trinajstić information content (AvgIpc) is 3.35. The summed E-state index contributed by atoms with van der Waals surface area (Å²) in [7, 11) is 0. The number of carbonyl (C=O) groups excluding carboxylic acids is 3. The summed E-state index contributed by atoms with van der Waals surface area (Å²) in [4.78, 5) is 43.8. The van der Waals surface area contributed by atoms with Gasteiger partial charge in [-0.05, 0) is 46.5 Å². The molecule has 0 saturated carbocycles. The molecule has 5 rings (SSSR count). The predicted molar refractivity (Wildman–Crippen MR) is 151 cm³/mol. The lowest BCUT2D eigenvalue weighted by Gasteiger charge is -2.39.